The Morgan fingerprint density at radius 2 is 1.74 bits per heavy atom. The summed E-state index contributed by atoms with van der Waals surface area (Å²) in [5, 5.41) is 4.18. The number of imidazole rings is 1. The minimum absolute atomic E-state index is 0.104. The van der Waals surface area contributed by atoms with E-state index in [0.717, 1.165) is 22.2 Å². The van der Waals surface area contributed by atoms with Gasteiger partial charge in [0.1, 0.15) is 17.8 Å². The van der Waals surface area contributed by atoms with Crippen LogP contribution in [0.1, 0.15) is 17.7 Å². The van der Waals surface area contributed by atoms with Gasteiger partial charge in [-0.1, -0.05) is 65.7 Å². The number of amides is 1. The second kappa shape index (κ2) is 9.71. The van der Waals surface area contributed by atoms with Crippen LogP contribution in [0.5, 0.6) is 0 Å². The van der Waals surface area contributed by atoms with E-state index in [0.29, 0.717) is 40.5 Å². The van der Waals surface area contributed by atoms with E-state index in [1.807, 2.05) is 54.6 Å². The van der Waals surface area contributed by atoms with Gasteiger partial charge in [0.2, 0.25) is 5.91 Å². The molecule has 0 spiro atoms. The van der Waals surface area contributed by atoms with Crippen LogP contribution in [0, 0.1) is 0 Å². The lowest BCUT2D eigenvalue weighted by Crippen LogP contribution is -2.23. The van der Waals surface area contributed by atoms with E-state index >= 15 is 0 Å². The van der Waals surface area contributed by atoms with Crippen LogP contribution < -0.4 is 5.32 Å². The molecule has 1 amide bonds. The lowest BCUT2D eigenvalue weighted by atomic mass is 10.1. The average Bonchev–Trinajstić information content (AvgIpc) is 3.47. The molecule has 5 rings (SSSR count). The monoisotopic (exact) mass is 490 g/mol. The zero-order chi connectivity index (χ0) is 23.5. The second-order valence-electron chi connectivity index (χ2n) is 7.75. The summed E-state index contributed by atoms with van der Waals surface area (Å²) in [6.07, 6.45) is 2.30. The van der Waals surface area contributed by atoms with Crippen molar-refractivity contribution in [3.63, 3.8) is 0 Å². The highest BCUT2D eigenvalue weighted by Gasteiger charge is 2.19. The van der Waals surface area contributed by atoms with Gasteiger partial charge in [-0.2, -0.15) is 4.98 Å². The van der Waals surface area contributed by atoms with Crippen LogP contribution in [-0.4, -0.2) is 20.4 Å². The number of carbonyl (C=O) groups excluding carboxylic acids is 1. The Kier molecular flexibility index (Phi) is 6.34. The fourth-order valence-electron chi connectivity index (χ4n) is 3.71. The lowest BCUT2D eigenvalue weighted by Gasteiger charge is -2.07. The van der Waals surface area contributed by atoms with E-state index in [2.05, 4.69) is 10.3 Å². The summed E-state index contributed by atoms with van der Waals surface area (Å²) in [7, 11) is 0. The third kappa shape index (κ3) is 4.69. The van der Waals surface area contributed by atoms with Crippen LogP contribution in [0.3, 0.4) is 0 Å². The van der Waals surface area contributed by atoms with Crippen LogP contribution in [0.25, 0.3) is 28.3 Å². The van der Waals surface area contributed by atoms with Crippen molar-refractivity contribution < 1.29 is 9.21 Å². The number of fused-ring (bicyclic) bond motifs is 1. The summed E-state index contributed by atoms with van der Waals surface area (Å²) >= 11 is 12.3. The van der Waals surface area contributed by atoms with E-state index in [9.17, 15) is 4.79 Å². The van der Waals surface area contributed by atoms with Gasteiger partial charge in [-0.25, -0.2) is 4.98 Å². The first-order valence-corrected chi connectivity index (χ1v) is 11.5. The highest BCUT2D eigenvalue weighted by Crippen LogP contribution is 2.29. The van der Waals surface area contributed by atoms with Crippen molar-refractivity contribution in [2.24, 2.45) is 0 Å². The number of rotatable bonds is 7. The first-order chi connectivity index (χ1) is 16.6. The van der Waals surface area contributed by atoms with E-state index in [4.69, 9.17) is 32.6 Å². The topological polar surface area (TPSA) is 73.0 Å². The summed E-state index contributed by atoms with van der Waals surface area (Å²) in [5.74, 6) is 0.510. The highest BCUT2D eigenvalue weighted by molar-refractivity contribution is 6.31. The summed E-state index contributed by atoms with van der Waals surface area (Å²) in [4.78, 5) is 21.7. The van der Waals surface area contributed by atoms with Gasteiger partial charge in [0.05, 0.1) is 11.0 Å². The molecule has 2 aromatic heterocycles. The molecule has 0 bridgehead atoms. The Morgan fingerprint density at radius 3 is 2.56 bits per heavy atom. The van der Waals surface area contributed by atoms with Gasteiger partial charge < -0.3 is 9.73 Å². The van der Waals surface area contributed by atoms with Crippen molar-refractivity contribution in [1.82, 2.24) is 19.9 Å². The van der Waals surface area contributed by atoms with Crippen molar-refractivity contribution >= 4 is 40.1 Å². The number of para-hydroxylation sites is 2. The number of benzene rings is 3. The predicted octanol–water partition coefficient (Wildman–Crippen LogP) is 6.24. The molecular formula is C26H20Cl2N4O2. The van der Waals surface area contributed by atoms with Crippen molar-refractivity contribution in [3.05, 3.63) is 100 Å². The van der Waals surface area contributed by atoms with E-state index in [1.54, 1.807) is 29.1 Å². The van der Waals surface area contributed by atoms with Crippen molar-refractivity contribution in [3.8, 4) is 17.3 Å². The molecule has 0 aliphatic carbocycles. The maximum absolute atomic E-state index is 12.6. The summed E-state index contributed by atoms with van der Waals surface area (Å²) in [6.45, 7) is 0.366. The smallest absolute Gasteiger partial charge is 0.308 e. The van der Waals surface area contributed by atoms with Crippen LogP contribution in [-0.2, 0) is 17.8 Å². The standard InChI is InChI=1S/C26H20Cl2N4O2/c27-19-11-9-17(10-12-19)25-23(13-14-24(33)29-15-18-5-1-2-6-20(18)28)34-26(31-25)32-16-30-21-7-3-4-8-22(21)32/h1-12,16H,13-15H2,(H,29,33). The number of nitrogens with one attached hydrogen (secondary N) is 1. The second-order valence-corrected chi connectivity index (χ2v) is 8.59. The van der Waals surface area contributed by atoms with E-state index in [-0.39, 0.29) is 12.3 Å². The van der Waals surface area contributed by atoms with E-state index in [1.165, 1.54) is 0 Å². The minimum atomic E-state index is -0.104. The number of halogens is 2. The Hall–Kier alpha value is -3.61. The third-order valence-corrected chi connectivity index (χ3v) is 6.10. The van der Waals surface area contributed by atoms with Gasteiger partial charge in [-0.05, 0) is 35.9 Å². The molecule has 2 heterocycles. The van der Waals surface area contributed by atoms with Gasteiger partial charge in [0.25, 0.3) is 0 Å². The number of hydrogen-bond donors (Lipinski definition) is 1. The predicted molar refractivity (Wildman–Crippen MR) is 133 cm³/mol. The number of aromatic nitrogens is 3. The molecule has 0 aliphatic rings. The molecule has 0 saturated heterocycles. The SMILES string of the molecule is O=C(CCc1oc(-n2cnc3ccccc32)nc1-c1ccc(Cl)cc1)NCc1ccccc1Cl. The molecule has 0 fully saturated rings. The van der Waals surface area contributed by atoms with Gasteiger partial charge >= 0.3 is 6.01 Å². The fraction of sp³-hybridized carbons (Fsp3) is 0.115. The van der Waals surface area contributed by atoms with Crippen molar-refractivity contribution in [1.29, 1.82) is 0 Å². The Morgan fingerprint density at radius 1 is 0.971 bits per heavy atom. The number of hydrogen-bond acceptors (Lipinski definition) is 4. The summed E-state index contributed by atoms with van der Waals surface area (Å²) in [5.41, 5.74) is 4.12. The van der Waals surface area contributed by atoms with Gasteiger partial charge in [-0.15, -0.1) is 0 Å². The third-order valence-electron chi connectivity index (χ3n) is 5.48. The molecule has 1 N–H and O–H groups in total. The Labute approximate surface area is 206 Å². The normalized spacial score (nSPS) is 11.1. The summed E-state index contributed by atoms with van der Waals surface area (Å²) < 4.78 is 7.96. The van der Waals surface area contributed by atoms with Crippen LogP contribution in [0.15, 0.2) is 83.5 Å². The quantitative estimate of drug-likeness (QED) is 0.293. The molecular weight excluding hydrogens is 471 g/mol. The number of nitrogens with zero attached hydrogens (tertiary/aromatic N) is 3. The molecule has 0 atom stereocenters. The molecule has 5 aromatic rings. The number of oxazole rings is 1. The summed E-state index contributed by atoms with van der Waals surface area (Å²) in [6, 6.07) is 23.0. The zero-order valence-electron chi connectivity index (χ0n) is 18.0. The maximum Gasteiger partial charge on any atom is 0.308 e. The minimum Gasteiger partial charge on any atom is -0.427 e. The van der Waals surface area contributed by atoms with E-state index < -0.39 is 0 Å². The van der Waals surface area contributed by atoms with Crippen molar-refractivity contribution in [2.45, 2.75) is 19.4 Å². The van der Waals surface area contributed by atoms with Gasteiger partial charge in [0, 0.05) is 35.0 Å². The number of carbonyl (C=O) groups is 1. The fourth-order valence-corrected chi connectivity index (χ4v) is 4.04. The van der Waals surface area contributed by atoms with Gasteiger partial charge in [0.15, 0.2) is 0 Å². The Balaban J connectivity index is 1.39. The molecule has 34 heavy (non-hydrogen) atoms. The highest BCUT2D eigenvalue weighted by atomic mass is 35.5. The first-order valence-electron chi connectivity index (χ1n) is 10.8. The molecule has 0 aliphatic heterocycles. The zero-order valence-corrected chi connectivity index (χ0v) is 19.6. The molecule has 0 saturated carbocycles. The van der Waals surface area contributed by atoms with Crippen LogP contribution >= 0.6 is 23.2 Å². The van der Waals surface area contributed by atoms with Crippen molar-refractivity contribution in [2.75, 3.05) is 0 Å². The molecule has 3 aromatic carbocycles. The average molecular weight is 491 g/mol. The molecule has 8 heteroatoms. The molecule has 170 valence electrons. The maximum atomic E-state index is 12.6. The van der Waals surface area contributed by atoms with Gasteiger partial charge in [-0.3, -0.25) is 9.36 Å². The lowest BCUT2D eigenvalue weighted by molar-refractivity contribution is -0.121. The Bertz CT molecular complexity index is 1460. The first kappa shape index (κ1) is 22.2. The largest absolute Gasteiger partial charge is 0.427 e. The molecule has 0 radical (unpaired) electrons. The number of aryl methyl sites for hydroxylation is 1. The molecule has 6 nitrogen and oxygen atoms in total. The van der Waals surface area contributed by atoms with Crippen LogP contribution in [0.4, 0.5) is 0 Å². The van der Waals surface area contributed by atoms with Crippen LogP contribution in [0.2, 0.25) is 10.0 Å². The molecule has 0 unspecified atom stereocenters.